The van der Waals surface area contributed by atoms with Crippen LogP contribution < -0.4 is 10.7 Å². The van der Waals surface area contributed by atoms with Crippen LogP contribution in [-0.2, 0) is 24.4 Å². The minimum atomic E-state index is -4.55. The number of fused-ring (bicyclic) bond motifs is 2. The molecule has 0 saturated heterocycles. The first-order chi connectivity index (χ1) is 15.5. The van der Waals surface area contributed by atoms with Gasteiger partial charge in [0, 0.05) is 18.5 Å². The van der Waals surface area contributed by atoms with Crippen LogP contribution in [0.5, 0.6) is 0 Å². The molecule has 33 heavy (non-hydrogen) atoms. The number of hydrogen-bond donors (Lipinski definition) is 1. The SMILES string of the molecule is Cc1ccc2nc(NC(=O)Cc3nn(C(C)C)c4cc(C(F)(F)F)ccc4c3=O)n(C)c2c1. The van der Waals surface area contributed by atoms with Gasteiger partial charge < -0.3 is 4.57 Å². The summed E-state index contributed by atoms with van der Waals surface area (Å²) < 4.78 is 42.6. The average Bonchev–Trinajstić information content (AvgIpc) is 3.03. The van der Waals surface area contributed by atoms with Crippen molar-refractivity contribution in [3.8, 4) is 0 Å². The summed E-state index contributed by atoms with van der Waals surface area (Å²) in [6.07, 6.45) is -4.89. The Kier molecular flexibility index (Phi) is 5.47. The maximum Gasteiger partial charge on any atom is 0.416 e. The van der Waals surface area contributed by atoms with Crippen LogP contribution in [0.1, 0.15) is 36.7 Å². The monoisotopic (exact) mass is 457 g/mol. The van der Waals surface area contributed by atoms with Crippen molar-refractivity contribution in [1.29, 1.82) is 0 Å². The fraction of sp³-hybridized carbons (Fsp3) is 0.304. The van der Waals surface area contributed by atoms with Gasteiger partial charge in [0.05, 0.1) is 28.5 Å². The number of aryl methyl sites for hydroxylation is 2. The van der Waals surface area contributed by atoms with E-state index in [1.54, 1.807) is 25.5 Å². The zero-order chi connectivity index (χ0) is 24.1. The van der Waals surface area contributed by atoms with E-state index in [2.05, 4.69) is 15.4 Å². The molecule has 0 saturated carbocycles. The molecule has 0 radical (unpaired) electrons. The highest BCUT2D eigenvalue weighted by atomic mass is 19.4. The van der Waals surface area contributed by atoms with Crippen molar-refractivity contribution in [2.24, 2.45) is 7.05 Å². The lowest BCUT2D eigenvalue weighted by Gasteiger charge is -2.16. The minimum absolute atomic E-state index is 0.0527. The van der Waals surface area contributed by atoms with E-state index in [0.29, 0.717) is 11.5 Å². The predicted octanol–water partition coefficient (Wildman–Crippen LogP) is 4.37. The van der Waals surface area contributed by atoms with Crippen molar-refractivity contribution >= 4 is 33.8 Å². The third-order valence-corrected chi connectivity index (χ3v) is 5.41. The molecular formula is C23H22F3N5O2. The molecule has 4 rings (SSSR count). The highest BCUT2D eigenvalue weighted by molar-refractivity contribution is 5.93. The van der Waals surface area contributed by atoms with Crippen LogP contribution in [0.3, 0.4) is 0 Å². The van der Waals surface area contributed by atoms with Gasteiger partial charge >= 0.3 is 6.18 Å². The van der Waals surface area contributed by atoms with Gasteiger partial charge in [-0.3, -0.25) is 19.6 Å². The lowest BCUT2D eigenvalue weighted by molar-refractivity contribution is -0.137. The van der Waals surface area contributed by atoms with E-state index < -0.39 is 23.1 Å². The number of aromatic nitrogens is 4. The van der Waals surface area contributed by atoms with Crippen molar-refractivity contribution in [3.05, 3.63) is 63.4 Å². The predicted molar refractivity (Wildman–Crippen MR) is 119 cm³/mol. The molecule has 2 heterocycles. The lowest BCUT2D eigenvalue weighted by Crippen LogP contribution is -2.26. The van der Waals surface area contributed by atoms with Crippen molar-refractivity contribution in [2.45, 2.75) is 39.4 Å². The number of nitrogens with one attached hydrogen (secondary N) is 1. The van der Waals surface area contributed by atoms with Gasteiger partial charge in [0.2, 0.25) is 17.3 Å². The fourth-order valence-corrected chi connectivity index (χ4v) is 3.72. The van der Waals surface area contributed by atoms with Crippen molar-refractivity contribution in [3.63, 3.8) is 0 Å². The number of anilines is 1. The first-order valence-corrected chi connectivity index (χ1v) is 10.3. The van der Waals surface area contributed by atoms with Crippen LogP contribution in [0, 0.1) is 6.92 Å². The summed E-state index contributed by atoms with van der Waals surface area (Å²) in [5.74, 6) is -0.184. The number of alkyl halides is 3. The number of benzene rings is 2. The Bertz CT molecular complexity index is 1450. The standard InChI is InChI=1S/C23H22F3N5O2/c1-12(2)31-18-10-14(23(24,25)26)6-7-15(18)21(33)17(29-31)11-20(32)28-22-27-16-8-5-13(3)9-19(16)30(22)4/h5-10,12H,11H2,1-4H3,(H,27,28,32). The molecule has 0 fully saturated rings. The van der Waals surface area contributed by atoms with E-state index in [-0.39, 0.29) is 29.1 Å². The van der Waals surface area contributed by atoms with Crippen LogP contribution in [-0.4, -0.2) is 25.2 Å². The first kappa shape index (κ1) is 22.5. The van der Waals surface area contributed by atoms with Gasteiger partial charge in [-0.05, 0) is 56.7 Å². The summed E-state index contributed by atoms with van der Waals surface area (Å²) in [6.45, 7) is 5.43. The van der Waals surface area contributed by atoms with E-state index in [0.717, 1.165) is 29.3 Å². The quantitative estimate of drug-likeness (QED) is 0.493. The smallest absolute Gasteiger partial charge is 0.313 e. The summed E-state index contributed by atoms with van der Waals surface area (Å²) in [5.41, 5.74) is 1.18. The lowest BCUT2D eigenvalue weighted by atomic mass is 10.1. The molecule has 172 valence electrons. The second-order valence-corrected chi connectivity index (χ2v) is 8.26. The summed E-state index contributed by atoms with van der Waals surface area (Å²) in [7, 11) is 1.77. The van der Waals surface area contributed by atoms with E-state index in [1.807, 2.05) is 25.1 Å². The topological polar surface area (TPSA) is 81.8 Å². The molecular weight excluding hydrogens is 435 g/mol. The number of hydrogen-bond acceptors (Lipinski definition) is 4. The molecule has 10 heteroatoms. The second-order valence-electron chi connectivity index (χ2n) is 8.26. The number of nitrogens with zero attached hydrogens (tertiary/aromatic N) is 4. The van der Waals surface area contributed by atoms with Gasteiger partial charge in [0.25, 0.3) is 0 Å². The van der Waals surface area contributed by atoms with Gasteiger partial charge in [0.1, 0.15) is 5.69 Å². The second kappa shape index (κ2) is 8.02. The number of imidazole rings is 1. The fourth-order valence-electron chi connectivity index (χ4n) is 3.72. The Morgan fingerprint density at radius 2 is 1.85 bits per heavy atom. The molecule has 2 aromatic heterocycles. The van der Waals surface area contributed by atoms with Gasteiger partial charge in [-0.1, -0.05) is 6.07 Å². The van der Waals surface area contributed by atoms with Gasteiger partial charge in [-0.2, -0.15) is 18.3 Å². The van der Waals surface area contributed by atoms with E-state index in [9.17, 15) is 22.8 Å². The number of rotatable bonds is 4. The summed E-state index contributed by atoms with van der Waals surface area (Å²) >= 11 is 0. The molecule has 0 unspecified atom stereocenters. The molecule has 1 amide bonds. The number of amides is 1. The van der Waals surface area contributed by atoms with Crippen LogP contribution in [0.15, 0.2) is 41.2 Å². The third-order valence-electron chi connectivity index (χ3n) is 5.41. The molecule has 4 aromatic rings. The van der Waals surface area contributed by atoms with Gasteiger partial charge in [-0.15, -0.1) is 0 Å². The Labute approximate surface area is 186 Å². The van der Waals surface area contributed by atoms with Crippen LogP contribution in [0.4, 0.5) is 19.1 Å². The molecule has 0 aliphatic rings. The van der Waals surface area contributed by atoms with Crippen LogP contribution in [0.2, 0.25) is 0 Å². The zero-order valence-electron chi connectivity index (χ0n) is 18.5. The van der Waals surface area contributed by atoms with Crippen molar-refractivity contribution < 1.29 is 18.0 Å². The molecule has 1 N–H and O–H groups in total. The molecule has 0 aliphatic heterocycles. The van der Waals surface area contributed by atoms with Crippen LogP contribution in [0.25, 0.3) is 21.9 Å². The van der Waals surface area contributed by atoms with Crippen molar-refractivity contribution in [1.82, 2.24) is 19.3 Å². The molecule has 0 atom stereocenters. The Morgan fingerprint density at radius 3 is 2.52 bits per heavy atom. The Hall–Kier alpha value is -3.69. The molecule has 7 nitrogen and oxygen atoms in total. The normalized spacial score (nSPS) is 12.1. The van der Waals surface area contributed by atoms with E-state index in [4.69, 9.17) is 0 Å². The van der Waals surface area contributed by atoms with E-state index in [1.165, 1.54) is 4.68 Å². The number of halogens is 3. The summed E-state index contributed by atoms with van der Waals surface area (Å²) in [6, 6.07) is 8.28. The largest absolute Gasteiger partial charge is 0.416 e. The third kappa shape index (κ3) is 4.20. The minimum Gasteiger partial charge on any atom is -0.313 e. The first-order valence-electron chi connectivity index (χ1n) is 10.3. The van der Waals surface area contributed by atoms with E-state index >= 15 is 0 Å². The number of carbonyl (C=O) groups is 1. The highest BCUT2D eigenvalue weighted by Crippen LogP contribution is 2.31. The average molecular weight is 457 g/mol. The van der Waals surface area contributed by atoms with Gasteiger partial charge in [-0.25, -0.2) is 4.98 Å². The Balaban J connectivity index is 1.70. The maximum atomic E-state index is 13.2. The summed E-state index contributed by atoms with van der Waals surface area (Å²) in [4.78, 5) is 30.1. The molecule has 0 aliphatic carbocycles. The number of carbonyl (C=O) groups excluding carboxylic acids is 1. The Morgan fingerprint density at radius 1 is 1.12 bits per heavy atom. The van der Waals surface area contributed by atoms with Crippen LogP contribution >= 0.6 is 0 Å². The zero-order valence-corrected chi connectivity index (χ0v) is 18.5. The molecule has 0 spiro atoms. The molecule has 0 bridgehead atoms. The van der Waals surface area contributed by atoms with Gasteiger partial charge in [0.15, 0.2) is 0 Å². The highest BCUT2D eigenvalue weighted by Gasteiger charge is 2.31. The maximum absolute atomic E-state index is 13.2. The molecule has 2 aromatic carbocycles. The summed E-state index contributed by atoms with van der Waals surface area (Å²) in [5, 5.41) is 7.00. The van der Waals surface area contributed by atoms with Crippen molar-refractivity contribution in [2.75, 3.05) is 5.32 Å².